The van der Waals surface area contributed by atoms with E-state index in [9.17, 15) is 8.42 Å². The molecule has 0 spiro atoms. The Morgan fingerprint density at radius 2 is 0.956 bits per heavy atom. The van der Waals surface area contributed by atoms with Crippen molar-refractivity contribution >= 4 is 21.6 Å². The van der Waals surface area contributed by atoms with Gasteiger partial charge in [-0.1, -0.05) is 96.1 Å². The molecule has 4 aromatic rings. The van der Waals surface area contributed by atoms with Crippen LogP contribution >= 0.6 is 0 Å². The Hall–Kier alpha value is -2.98. The molecule has 1 saturated heterocycles. The maximum Gasteiger partial charge on any atom is 0.164 e. The molecular weight excluding hydrogens is 605 g/mol. The third kappa shape index (κ3) is 9.51. The third-order valence-electron chi connectivity index (χ3n) is 7.71. The standard InChI is InChI=1S/C37H42O6S2/c1-27-15-19-31(20-16-27)44(38)25-33(40-23-29-11-7-5-8-12-29)35-36(43-37(3,4)42-35)34(41-24-30-13-9-6-10-14-30)26-45(39)32-21-17-28(2)18-22-32/h5-22,33-36H,23-26H2,1-4H3/t33-,34-,35+,36+,44?,45?/m0/s1. The van der Waals surface area contributed by atoms with E-state index >= 15 is 0 Å². The van der Waals surface area contributed by atoms with Gasteiger partial charge in [0.1, 0.15) is 12.2 Å². The summed E-state index contributed by atoms with van der Waals surface area (Å²) in [7, 11) is -2.73. The normalized spacial score (nSPS) is 20.4. The Morgan fingerprint density at radius 3 is 1.31 bits per heavy atom. The van der Waals surface area contributed by atoms with Crippen LogP contribution in [0, 0.1) is 13.8 Å². The summed E-state index contributed by atoms with van der Waals surface area (Å²) < 4.78 is 53.6. The van der Waals surface area contributed by atoms with Gasteiger partial charge in [-0.3, -0.25) is 8.42 Å². The highest BCUT2D eigenvalue weighted by molar-refractivity contribution is 7.85. The fourth-order valence-electron chi connectivity index (χ4n) is 5.29. The average Bonchev–Trinajstić information content (AvgIpc) is 3.37. The summed E-state index contributed by atoms with van der Waals surface area (Å²) in [5.41, 5.74) is 4.19. The van der Waals surface area contributed by atoms with Crippen molar-refractivity contribution in [3.05, 3.63) is 131 Å². The summed E-state index contributed by atoms with van der Waals surface area (Å²) in [5, 5.41) is 0. The van der Waals surface area contributed by atoms with Gasteiger partial charge in [-0.05, 0) is 63.1 Å². The molecule has 45 heavy (non-hydrogen) atoms. The van der Waals surface area contributed by atoms with Gasteiger partial charge < -0.3 is 18.9 Å². The summed E-state index contributed by atoms with van der Waals surface area (Å²) in [6.45, 7) is 8.35. The topological polar surface area (TPSA) is 71.1 Å². The van der Waals surface area contributed by atoms with Gasteiger partial charge in [0, 0.05) is 9.79 Å². The first kappa shape index (κ1) is 33.4. The maximum atomic E-state index is 13.7. The van der Waals surface area contributed by atoms with Gasteiger partial charge >= 0.3 is 0 Å². The molecule has 0 aliphatic carbocycles. The van der Waals surface area contributed by atoms with E-state index in [-0.39, 0.29) is 11.5 Å². The Bertz CT molecular complexity index is 1420. The molecule has 5 rings (SSSR count). The van der Waals surface area contributed by atoms with E-state index in [0.717, 1.165) is 32.0 Å². The number of hydrogen-bond acceptors (Lipinski definition) is 6. The van der Waals surface area contributed by atoms with Crippen LogP contribution < -0.4 is 0 Å². The molecule has 2 unspecified atom stereocenters. The van der Waals surface area contributed by atoms with E-state index < -0.39 is 51.8 Å². The zero-order valence-electron chi connectivity index (χ0n) is 26.3. The molecule has 238 valence electrons. The molecule has 1 heterocycles. The molecule has 0 N–H and O–H groups in total. The Kier molecular flexibility index (Phi) is 11.5. The molecule has 6 atom stereocenters. The summed E-state index contributed by atoms with van der Waals surface area (Å²) in [6, 6.07) is 35.2. The van der Waals surface area contributed by atoms with Gasteiger partial charge in [-0.15, -0.1) is 0 Å². The van der Waals surface area contributed by atoms with Crippen LogP contribution in [0.2, 0.25) is 0 Å². The lowest BCUT2D eigenvalue weighted by Gasteiger charge is -2.31. The zero-order valence-corrected chi connectivity index (χ0v) is 27.9. The van der Waals surface area contributed by atoms with E-state index in [1.807, 2.05) is 137 Å². The minimum Gasteiger partial charge on any atom is -0.370 e. The van der Waals surface area contributed by atoms with Crippen LogP contribution in [-0.4, -0.2) is 50.1 Å². The predicted molar refractivity (Wildman–Crippen MR) is 179 cm³/mol. The number of ether oxygens (including phenoxy) is 4. The lowest BCUT2D eigenvalue weighted by Crippen LogP contribution is -2.48. The summed E-state index contributed by atoms with van der Waals surface area (Å²) in [5.74, 6) is -0.569. The highest BCUT2D eigenvalue weighted by Gasteiger charge is 2.50. The van der Waals surface area contributed by atoms with E-state index in [2.05, 4.69) is 0 Å². The Labute approximate surface area is 272 Å². The molecule has 8 heteroatoms. The Morgan fingerprint density at radius 1 is 0.600 bits per heavy atom. The average molecular weight is 647 g/mol. The summed E-state index contributed by atoms with van der Waals surface area (Å²) >= 11 is 0. The summed E-state index contributed by atoms with van der Waals surface area (Å²) in [4.78, 5) is 1.45. The van der Waals surface area contributed by atoms with Crippen LogP contribution in [-0.2, 0) is 53.8 Å². The van der Waals surface area contributed by atoms with Crippen molar-refractivity contribution < 1.29 is 27.4 Å². The van der Waals surface area contributed by atoms with Crippen LogP contribution in [0.1, 0.15) is 36.1 Å². The first-order valence-electron chi connectivity index (χ1n) is 15.2. The molecular formula is C37H42O6S2. The molecule has 0 saturated carbocycles. The first-order chi connectivity index (χ1) is 21.7. The first-order valence-corrected chi connectivity index (χ1v) is 17.9. The monoisotopic (exact) mass is 646 g/mol. The smallest absolute Gasteiger partial charge is 0.164 e. The van der Waals surface area contributed by atoms with Crippen LogP contribution in [0.3, 0.4) is 0 Å². The number of aryl methyl sites for hydroxylation is 2. The lowest BCUT2D eigenvalue weighted by molar-refractivity contribution is -0.164. The molecule has 1 aliphatic heterocycles. The SMILES string of the molecule is Cc1ccc(S(=O)C[C@H](OCc2ccccc2)[C@H]2OC(C)(C)O[C@@H]2[C@H](CS(=O)c2ccc(C)cc2)OCc2ccccc2)cc1. The Balaban J connectivity index is 1.45. The van der Waals surface area contributed by atoms with Crippen LogP contribution in [0.25, 0.3) is 0 Å². The van der Waals surface area contributed by atoms with E-state index in [4.69, 9.17) is 18.9 Å². The molecule has 1 fully saturated rings. The van der Waals surface area contributed by atoms with Gasteiger partial charge in [-0.25, -0.2) is 0 Å². The molecule has 6 nitrogen and oxygen atoms in total. The van der Waals surface area contributed by atoms with Gasteiger partial charge in [0.2, 0.25) is 0 Å². The van der Waals surface area contributed by atoms with Gasteiger partial charge in [0.25, 0.3) is 0 Å². The molecule has 0 bridgehead atoms. The van der Waals surface area contributed by atoms with Crippen molar-refractivity contribution in [2.75, 3.05) is 11.5 Å². The number of rotatable bonds is 14. The van der Waals surface area contributed by atoms with E-state index in [0.29, 0.717) is 13.2 Å². The fraction of sp³-hybridized carbons (Fsp3) is 0.351. The van der Waals surface area contributed by atoms with Crippen molar-refractivity contribution in [3.8, 4) is 0 Å². The van der Waals surface area contributed by atoms with Crippen LogP contribution in [0.4, 0.5) is 0 Å². The van der Waals surface area contributed by atoms with Crippen LogP contribution in [0.15, 0.2) is 119 Å². The van der Waals surface area contributed by atoms with Crippen molar-refractivity contribution in [2.24, 2.45) is 0 Å². The molecule has 0 radical (unpaired) electrons. The van der Waals surface area contributed by atoms with Crippen LogP contribution in [0.5, 0.6) is 0 Å². The largest absolute Gasteiger partial charge is 0.370 e. The third-order valence-corrected chi connectivity index (χ3v) is 10.6. The van der Waals surface area contributed by atoms with Crippen molar-refractivity contribution in [2.45, 2.75) is 80.9 Å². The van der Waals surface area contributed by atoms with Gasteiger partial charge in [0.15, 0.2) is 5.79 Å². The highest BCUT2D eigenvalue weighted by atomic mass is 32.2. The quantitative estimate of drug-likeness (QED) is 0.148. The zero-order chi connectivity index (χ0) is 31.8. The number of hydrogen-bond donors (Lipinski definition) is 0. The fourth-order valence-corrected chi connectivity index (χ4v) is 7.73. The second-order valence-corrected chi connectivity index (χ2v) is 14.9. The predicted octanol–water partition coefficient (Wildman–Crippen LogP) is 6.91. The molecule has 4 aromatic carbocycles. The molecule has 0 aromatic heterocycles. The highest BCUT2D eigenvalue weighted by Crippen LogP contribution is 2.35. The van der Waals surface area contributed by atoms with E-state index in [1.165, 1.54) is 0 Å². The van der Waals surface area contributed by atoms with Crippen molar-refractivity contribution in [1.29, 1.82) is 0 Å². The minimum absolute atomic E-state index is 0.197. The van der Waals surface area contributed by atoms with Gasteiger partial charge in [-0.2, -0.15) is 0 Å². The van der Waals surface area contributed by atoms with Gasteiger partial charge in [0.05, 0.1) is 58.5 Å². The summed E-state index contributed by atoms with van der Waals surface area (Å²) in [6.07, 6.45) is -2.47. The lowest BCUT2D eigenvalue weighted by atomic mass is 10.0. The van der Waals surface area contributed by atoms with Crippen molar-refractivity contribution in [3.63, 3.8) is 0 Å². The van der Waals surface area contributed by atoms with Crippen molar-refractivity contribution in [1.82, 2.24) is 0 Å². The second-order valence-electron chi connectivity index (χ2n) is 11.9. The second kappa shape index (κ2) is 15.5. The maximum absolute atomic E-state index is 13.7. The molecule has 1 aliphatic rings. The number of benzene rings is 4. The molecule has 0 amide bonds. The minimum atomic E-state index is -1.37. The van der Waals surface area contributed by atoms with E-state index in [1.54, 1.807) is 0 Å².